The van der Waals surface area contributed by atoms with Gasteiger partial charge in [0.25, 0.3) is 0 Å². The van der Waals surface area contributed by atoms with E-state index in [4.69, 9.17) is 5.11 Å². The van der Waals surface area contributed by atoms with Gasteiger partial charge in [-0.15, -0.1) is 0 Å². The zero-order valence-electron chi connectivity index (χ0n) is 8.11. The zero-order valence-corrected chi connectivity index (χ0v) is 8.11. The number of aliphatic hydroxyl groups is 1. The van der Waals surface area contributed by atoms with Crippen LogP contribution in [0.15, 0.2) is 0 Å². The second-order valence-corrected chi connectivity index (χ2v) is 4.06. The predicted molar refractivity (Wildman–Crippen MR) is 49.3 cm³/mol. The molecule has 1 N–H and O–H groups in total. The van der Waals surface area contributed by atoms with E-state index in [0.29, 0.717) is 6.54 Å². The van der Waals surface area contributed by atoms with Crippen LogP contribution in [0.2, 0.25) is 0 Å². The third kappa shape index (κ3) is 1.54. The van der Waals surface area contributed by atoms with Crippen molar-refractivity contribution in [3.63, 3.8) is 0 Å². The van der Waals surface area contributed by atoms with Crippen molar-refractivity contribution < 1.29 is 14.7 Å². The van der Waals surface area contributed by atoms with Crippen LogP contribution >= 0.6 is 0 Å². The zero-order chi connectivity index (χ0) is 10.1. The van der Waals surface area contributed by atoms with Crippen molar-refractivity contribution >= 4 is 11.8 Å². The van der Waals surface area contributed by atoms with Crippen LogP contribution in [0.4, 0.5) is 0 Å². The molecular formula is C10H15NO3. The Labute approximate surface area is 82.9 Å². The molecule has 0 radical (unpaired) electrons. The molecule has 2 atom stereocenters. The van der Waals surface area contributed by atoms with Gasteiger partial charge in [-0.1, -0.05) is 0 Å². The summed E-state index contributed by atoms with van der Waals surface area (Å²) >= 11 is 0. The van der Waals surface area contributed by atoms with Crippen molar-refractivity contribution in [2.75, 3.05) is 13.2 Å². The number of fused-ring (bicyclic) bond motifs is 1. The van der Waals surface area contributed by atoms with Gasteiger partial charge in [0.15, 0.2) is 0 Å². The molecule has 2 amide bonds. The summed E-state index contributed by atoms with van der Waals surface area (Å²) < 4.78 is 0. The van der Waals surface area contributed by atoms with E-state index in [2.05, 4.69) is 0 Å². The van der Waals surface area contributed by atoms with Gasteiger partial charge in [0, 0.05) is 13.2 Å². The SMILES string of the molecule is O=C1C2CC2C(=O)N1CCCCCO. The van der Waals surface area contributed by atoms with E-state index in [1.165, 1.54) is 4.90 Å². The Hall–Kier alpha value is -0.900. The van der Waals surface area contributed by atoms with Crippen molar-refractivity contribution in [2.45, 2.75) is 25.7 Å². The van der Waals surface area contributed by atoms with E-state index < -0.39 is 0 Å². The smallest absolute Gasteiger partial charge is 0.233 e. The van der Waals surface area contributed by atoms with Crippen LogP contribution in [0, 0.1) is 11.8 Å². The standard InChI is InChI=1S/C10H15NO3/c12-5-3-1-2-4-11-9(13)7-6-8(7)10(11)14/h7-8,12H,1-6H2. The fourth-order valence-corrected chi connectivity index (χ4v) is 2.03. The Balaban J connectivity index is 1.76. The van der Waals surface area contributed by atoms with Crippen LogP contribution in [-0.4, -0.2) is 35.0 Å². The van der Waals surface area contributed by atoms with Crippen molar-refractivity contribution in [1.29, 1.82) is 0 Å². The number of amides is 2. The summed E-state index contributed by atoms with van der Waals surface area (Å²) in [6, 6.07) is 0. The first-order valence-electron chi connectivity index (χ1n) is 5.22. The molecule has 14 heavy (non-hydrogen) atoms. The molecule has 2 aliphatic rings. The molecule has 1 aliphatic carbocycles. The molecule has 1 heterocycles. The number of piperidine rings is 1. The minimum Gasteiger partial charge on any atom is -0.396 e. The lowest BCUT2D eigenvalue weighted by Gasteiger charge is -2.15. The monoisotopic (exact) mass is 197 g/mol. The average molecular weight is 197 g/mol. The Kier molecular flexibility index (Phi) is 2.54. The maximum atomic E-state index is 11.5. The lowest BCUT2D eigenvalue weighted by Crippen LogP contribution is -2.33. The summed E-state index contributed by atoms with van der Waals surface area (Å²) in [4.78, 5) is 24.4. The molecule has 2 rings (SSSR count). The predicted octanol–water partition coefficient (Wildman–Crippen LogP) is 0.154. The van der Waals surface area contributed by atoms with Gasteiger partial charge < -0.3 is 5.11 Å². The quantitative estimate of drug-likeness (QED) is 0.504. The highest BCUT2D eigenvalue weighted by Crippen LogP contribution is 2.46. The summed E-state index contributed by atoms with van der Waals surface area (Å²) in [5.41, 5.74) is 0. The summed E-state index contributed by atoms with van der Waals surface area (Å²) in [7, 11) is 0. The lowest BCUT2D eigenvalue weighted by molar-refractivity contribution is -0.141. The van der Waals surface area contributed by atoms with Gasteiger partial charge in [0.2, 0.25) is 11.8 Å². The van der Waals surface area contributed by atoms with Crippen molar-refractivity contribution in [1.82, 2.24) is 4.90 Å². The molecule has 0 aromatic rings. The second-order valence-electron chi connectivity index (χ2n) is 4.06. The van der Waals surface area contributed by atoms with Gasteiger partial charge in [0.1, 0.15) is 0 Å². The Bertz CT molecular complexity index is 244. The molecule has 2 unspecified atom stereocenters. The molecule has 1 saturated heterocycles. The van der Waals surface area contributed by atoms with Crippen LogP contribution in [0.1, 0.15) is 25.7 Å². The lowest BCUT2D eigenvalue weighted by atomic mass is 10.2. The first-order valence-corrected chi connectivity index (χ1v) is 5.22. The summed E-state index contributed by atoms with van der Waals surface area (Å²) in [6.45, 7) is 0.734. The maximum Gasteiger partial charge on any atom is 0.233 e. The molecule has 0 aromatic heterocycles. The normalized spacial score (nSPS) is 29.6. The number of nitrogens with zero attached hydrogens (tertiary/aromatic N) is 1. The highest BCUT2D eigenvalue weighted by atomic mass is 16.3. The highest BCUT2D eigenvalue weighted by molar-refractivity contribution is 6.08. The number of carbonyl (C=O) groups excluding carboxylic acids is 2. The first kappa shape index (κ1) is 9.65. The summed E-state index contributed by atoms with van der Waals surface area (Å²) in [6.07, 6.45) is 3.23. The third-order valence-corrected chi connectivity index (χ3v) is 3.00. The maximum absolute atomic E-state index is 11.5. The van der Waals surface area contributed by atoms with Gasteiger partial charge >= 0.3 is 0 Å². The van der Waals surface area contributed by atoms with Crippen molar-refractivity contribution in [3.05, 3.63) is 0 Å². The number of imide groups is 1. The molecule has 4 heteroatoms. The fourth-order valence-electron chi connectivity index (χ4n) is 2.03. The molecule has 0 bridgehead atoms. The molecule has 1 aliphatic heterocycles. The van der Waals surface area contributed by atoms with Gasteiger partial charge in [0.05, 0.1) is 11.8 Å². The first-order chi connectivity index (χ1) is 6.75. The van der Waals surface area contributed by atoms with E-state index in [0.717, 1.165) is 25.7 Å². The second kappa shape index (κ2) is 3.69. The van der Waals surface area contributed by atoms with Crippen LogP contribution in [-0.2, 0) is 9.59 Å². The number of aliphatic hydroxyl groups excluding tert-OH is 1. The minimum absolute atomic E-state index is 0.0281. The van der Waals surface area contributed by atoms with E-state index in [1.54, 1.807) is 0 Å². The topological polar surface area (TPSA) is 57.6 Å². The Morgan fingerprint density at radius 2 is 1.79 bits per heavy atom. The van der Waals surface area contributed by atoms with Crippen LogP contribution in [0.25, 0.3) is 0 Å². The van der Waals surface area contributed by atoms with Crippen LogP contribution < -0.4 is 0 Å². The van der Waals surface area contributed by atoms with E-state index in [1.807, 2.05) is 0 Å². The number of hydrogen-bond donors (Lipinski definition) is 1. The molecule has 78 valence electrons. The van der Waals surface area contributed by atoms with Gasteiger partial charge in [-0.2, -0.15) is 0 Å². The molecule has 0 aromatic carbocycles. The summed E-state index contributed by atoms with van der Waals surface area (Å²) in [5.74, 6) is 0.119. The molecule has 1 saturated carbocycles. The van der Waals surface area contributed by atoms with Gasteiger partial charge in [-0.3, -0.25) is 14.5 Å². The summed E-state index contributed by atoms with van der Waals surface area (Å²) in [5, 5.41) is 8.56. The van der Waals surface area contributed by atoms with E-state index >= 15 is 0 Å². The third-order valence-electron chi connectivity index (χ3n) is 3.00. The number of hydrogen-bond acceptors (Lipinski definition) is 3. The van der Waals surface area contributed by atoms with Crippen LogP contribution in [0.5, 0.6) is 0 Å². The largest absolute Gasteiger partial charge is 0.396 e. The van der Waals surface area contributed by atoms with Crippen LogP contribution in [0.3, 0.4) is 0 Å². The number of likely N-dealkylation sites (tertiary alicyclic amines) is 1. The van der Waals surface area contributed by atoms with Gasteiger partial charge in [-0.05, 0) is 25.7 Å². The van der Waals surface area contributed by atoms with Crippen molar-refractivity contribution in [3.8, 4) is 0 Å². The fraction of sp³-hybridized carbons (Fsp3) is 0.800. The number of carbonyl (C=O) groups is 2. The minimum atomic E-state index is 0.0281. The number of unbranched alkanes of at least 4 members (excludes halogenated alkanes) is 2. The van der Waals surface area contributed by atoms with E-state index in [9.17, 15) is 9.59 Å². The van der Waals surface area contributed by atoms with Crippen molar-refractivity contribution in [2.24, 2.45) is 11.8 Å². The molecular weight excluding hydrogens is 182 g/mol. The Morgan fingerprint density at radius 1 is 1.14 bits per heavy atom. The number of rotatable bonds is 5. The molecule has 0 spiro atoms. The highest BCUT2D eigenvalue weighted by Gasteiger charge is 2.58. The Morgan fingerprint density at radius 3 is 2.36 bits per heavy atom. The molecule has 4 nitrogen and oxygen atoms in total. The molecule has 2 fully saturated rings. The van der Waals surface area contributed by atoms with E-state index in [-0.39, 0.29) is 30.3 Å². The van der Waals surface area contributed by atoms with Gasteiger partial charge in [-0.25, -0.2) is 0 Å². The average Bonchev–Trinajstić information content (AvgIpc) is 2.91.